The summed E-state index contributed by atoms with van der Waals surface area (Å²) in [6.45, 7) is 4.34. The van der Waals surface area contributed by atoms with Crippen LogP contribution in [-0.4, -0.2) is 76.0 Å². The summed E-state index contributed by atoms with van der Waals surface area (Å²) in [5, 5.41) is 34.4. The van der Waals surface area contributed by atoms with Crippen LogP contribution < -0.4 is 5.32 Å². The van der Waals surface area contributed by atoms with Crippen LogP contribution in [0.5, 0.6) is 0 Å². The largest absolute Gasteiger partial charge is 0.445 e. The molecule has 2 amide bonds. The Balaban J connectivity index is 2.01. The molecule has 1 aromatic rings. The van der Waals surface area contributed by atoms with Crippen molar-refractivity contribution in [1.82, 2.24) is 10.2 Å². The number of nitrogens with one attached hydrogen (secondary N) is 1. The summed E-state index contributed by atoms with van der Waals surface area (Å²) in [7, 11) is 0. The Labute approximate surface area is 284 Å². The molecule has 0 radical (unpaired) electrons. The Morgan fingerprint density at radius 1 is 0.745 bits per heavy atom. The van der Waals surface area contributed by atoms with Crippen LogP contribution in [0.25, 0.3) is 0 Å². The molecule has 9 nitrogen and oxygen atoms in total. The SMILES string of the molecule is CCCCCCCCCCCCCC(=O)N(CCCCCCCCCC)[C@@H]1O[C@H](CO)[C@@H](O)[C@H](O)[C@H]1NC(=O)OCc1ccccc1. The van der Waals surface area contributed by atoms with Gasteiger partial charge in [0.15, 0.2) is 6.23 Å². The number of ether oxygens (including phenoxy) is 2. The molecule has 0 saturated carbocycles. The molecule has 4 N–H and O–H groups in total. The Hall–Kier alpha value is -2.20. The van der Waals surface area contributed by atoms with Crippen molar-refractivity contribution in [3.63, 3.8) is 0 Å². The number of aliphatic hydroxyl groups excluding tert-OH is 3. The van der Waals surface area contributed by atoms with Crippen LogP contribution in [0.2, 0.25) is 0 Å². The number of benzene rings is 1. The number of alkyl carbamates (subject to hydrolysis) is 1. The lowest BCUT2D eigenvalue weighted by Crippen LogP contribution is -2.68. The number of hydrogen-bond acceptors (Lipinski definition) is 7. The molecule has 5 atom stereocenters. The third-order valence-electron chi connectivity index (χ3n) is 9.27. The van der Waals surface area contributed by atoms with E-state index in [9.17, 15) is 24.9 Å². The number of carbonyl (C=O) groups is 2. The summed E-state index contributed by atoms with van der Waals surface area (Å²) in [4.78, 5) is 28.2. The van der Waals surface area contributed by atoms with Gasteiger partial charge in [-0.2, -0.15) is 0 Å². The van der Waals surface area contributed by atoms with Gasteiger partial charge >= 0.3 is 6.09 Å². The maximum atomic E-state index is 13.8. The third-order valence-corrected chi connectivity index (χ3v) is 9.27. The van der Waals surface area contributed by atoms with Gasteiger partial charge in [-0.3, -0.25) is 4.79 Å². The zero-order chi connectivity index (χ0) is 34.1. The minimum Gasteiger partial charge on any atom is -0.445 e. The fourth-order valence-corrected chi connectivity index (χ4v) is 6.32. The molecule has 1 aliphatic rings. The second-order valence-corrected chi connectivity index (χ2v) is 13.3. The van der Waals surface area contributed by atoms with Crippen LogP contribution in [0.15, 0.2) is 30.3 Å². The highest BCUT2D eigenvalue weighted by Gasteiger charge is 2.48. The molecular weight excluding hydrogens is 596 g/mol. The molecule has 0 aliphatic carbocycles. The first-order valence-electron chi connectivity index (χ1n) is 18.8. The van der Waals surface area contributed by atoms with Crippen LogP contribution in [0.4, 0.5) is 4.79 Å². The molecule has 1 heterocycles. The first-order chi connectivity index (χ1) is 22.9. The molecule has 270 valence electrons. The average molecular weight is 663 g/mol. The van der Waals surface area contributed by atoms with Gasteiger partial charge in [0.25, 0.3) is 0 Å². The van der Waals surface area contributed by atoms with Crippen LogP contribution >= 0.6 is 0 Å². The standard InChI is InChI=1S/C38H66N2O7/c1-3-5-7-9-11-13-14-15-16-18-23-27-33(42)40(28-24-19-17-12-10-8-6-4-2)37-34(36(44)35(43)32(29-41)47-37)39-38(45)46-30-31-25-21-20-22-26-31/h20-22,25-26,32,34-37,41,43-44H,3-19,23-24,27-30H2,1-2H3,(H,39,45)/t32-,34-,35-,36-,37-/m1/s1. The van der Waals surface area contributed by atoms with Gasteiger partial charge in [0, 0.05) is 13.0 Å². The number of aliphatic hydroxyl groups is 3. The number of amides is 2. The van der Waals surface area contributed by atoms with Crippen LogP contribution in [0, 0.1) is 0 Å². The van der Waals surface area contributed by atoms with Gasteiger partial charge in [-0.25, -0.2) is 4.79 Å². The zero-order valence-corrected chi connectivity index (χ0v) is 29.5. The van der Waals surface area contributed by atoms with E-state index < -0.39 is 43.3 Å². The van der Waals surface area contributed by atoms with Crippen molar-refractivity contribution in [3.05, 3.63) is 35.9 Å². The van der Waals surface area contributed by atoms with Gasteiger partial charge in [0.05, 0.1) is 6.61 Å². The smallest absolute Gasteiger partial charge is 0.407 e. The molecule has 1 aliphatic heterocycles. The lowest BCUT2D eigenvalue weighted by Gasteiger charge is -2.46. The van der Waals surface area contributed by atoms with Crippen LogP contribution in [0.1, 0.15) is 148 Å². The van der Waals surface area contributed by atoms with E-state index in [0.29, 0.717) is 13.0 Å². The van der Waals surface area contributed by atoms with Gasteiger partial charge in [0.1, 0.15) is 31.0 Å². The first-order valence-corrected chi connectivity index (χ1v) is 18.8. The normalized spacial score (nSPS) is 21.0. The van der Waals surface area contributed by atoms with Crippen molar-refractivity contribution in [3.8, 4) is 0 Å². The van der Waals surface area contributed by atoms with Gasteiger partial charge in [-0.05, 0) is 18.4 Å². The van der Waals surface area contributed by atoms with Crippen LogP contribution in [0.3, 0.4) is 0 Å². The summed E-state index contributed by atoms with van der Waals surface area (Å²) in [5.74, 6) is -0.112. The lowest BCUT2D eigenvalue weighted by molar-refractivity contribution is -0.230. The second kappa shape index (κ2) is 25.8. The number of hydrogen-bond donors (Lipinski definition) is 4. The Kier molecular flexibility index (Phi) is 22.5. The van der Waals surface area contributed by atoms with Gasteiger partial charge in [-0.15, -0.1) is 0 Å². The highest BCUT2D eigenvalue weighted by molar-refractivity contribution is 5.76. The van der Waals surface area contributed by atoms with E-state index in [2.05, 4.69) is 19.2 Å². The number of nitrogens with zero attached hydrogens (tertiary/aromatic N) is 1. The molecular formula is C38H66N2O7. The molecule has 1 saturated heterocycles. The summed E-state index contributed by atoms with van der Waals surface area (Å²) in [6.07, 6.45) is 16.4. The van der Waals surface area contributed by atoms with Crippen molar-refractivity contribution in [2.75, 3.05) is 13.2 Å². The monoisotopic (exact) mass is 662 g/mol. The number of carbonyl (C=O) groups excluding carboxylic acids is 2. The maximum absolute atomic E-state index is 13.8. The lowest BCUT2D eigenvalue weighted by atomic mass is 9.95. The predicted octanol–water partition coefficient (Wildman–Crippen LogP) is 7.39. The third kappa shape index (κ3) is 16.6. The minimum atomic E-state index is -1.47. The fourth-order valence-electron chi connectivity index (χ4n) is 6.32. The Morgan fingerprint density at radius 2 is 1.26 bits per heavy atom. The van der Waals surface area contributed by atoms with Crippen molar-refractivity contribution < 1.29 is 34.4 Å². The van der Waals surface area contributed by atoms with E-state index in [1.54, 1.807) is 4.90 Å². The van der Waals surface area contributed by atoms with Gasteiger partial charge in [-0.1, -0.05) is 153 Å². The Bertz CT molecular complexity index is 934. The summed E-state index contributed by atoms with van der Waals surface area (Å²) in [6, 6.07) is 8.11. The molecule has 0 unspecified atom stereocenters. The molecule has 0 aromatic heterocycles. The molecule has 47 heavy (non-hydrogen) atoms. The molecule has 1 fully saturated rings. The van der Waals surface area contributed by atoms with E-state index in [1.807, 2.05) is 30.3 Å². The van der Waals surface area contributed by atoms with E-state index in [-0.39, 0.29) is 12.5 Å². The van der Waals surface area contributed by atoms with Crippen molar-refractivity contribution in [2.24, 2.45) is 0 Å². The molecule has 2 rings (SSSR count). The highest BCUT2D eigenvalue weighted by Crippen LogP contribution is 2.26. The number of unbranched alkanes of at least 4 members (excludes halogenated alkanes) is 17. The molecule has 0 bridgehead atoms. The fraction of sp³-hybridized carbons (Fsp3) is 0.789. The van der Waals surface area contributed by atoms with Gasteiger partial charge < -0.3 is 35.0 Å². The second-order valence-electron chi connectivity index (χ2n) is 13.3. The quantitative estimate of drug-likeness (QED) is 0.0762. The van der Waals surface area contributed by atoms with Crippen molar-refractivity contribution in [1.29, 1.82) is 0 Å². The molecule has 1 aromatic carbocycles. The predicted molar refractivity (Wildman–Crippen MR) is 187 cm³/mol. The summed E-state index contributed by atoms with van der Waals surface area (Å²) >= 11 is 0. The van der Waals surface area contributed by atoms with Crippen molar-refractivity contribution in [2.45, 2.75) is 179 Å². The summed E-state index contributed by atoms with van der Waals surface area (Å²) < 4.78 is 11.5. The average Bonchev–Trinajstić information content (AvgIpc) is 3.08. The maximum Gasteiger partial charge on any atom is 0.407 e. The van der Waals surface area contributed by atoms with E-state index in [1.165, 1.54) is 77.0 Å². The number of rotatable bonds is 26. The van der Waals surface area contributed by atoms with E-state index in [0.717, 1.165) is 50.5 Å². The van der Waals surface area contributed by atoms with Gasteiger partial charge in [0.2, 0.25) is 5.91 Å². The summed E-state index contributed by atoms with van der Waals surface area (Å²) in [5.41, 5.74) is 0.804. The molecule has 9 heteroatoms. The van der Waals surface area contributed by atoms with Crippen LogP contribution in [-0.2, 0) is 20.9 Å². The Morgan fingerprint density at radius 3 is 1.79 bits per heavy atom. The van der Waals surface area contributed by atoms with E-state index >= 15 is 0 Å². The van der Waals surface area contributed by atoms with Crippen molar-refractivity contribution >= 4 is 12.0 Å². The first kappa shape index (κ1) is 41.0. The highest BCUT2D eigenvalue weighted by atomic mass is 16.6. The molecule has 0 spiro atoms. The zero-order valence-electron chi connectivity index (χ0n) is 29.5. The minimum absolute atomic E-state index is 0.0303. The topological polar surface area (TPSA) is 129 Å². The van der Waals surface area contributed by atoms with E-state index in [4.69, 9.17) is 9.47 Å².